The predicted octanol–water partition coefficient (Wildman–Crippen LogP) is 4.00. The molecule has 29 heavy (non-hydrogen) atoms. The molecule has 0 spiro atoms. The van der Waals surface area contributed by atoms with Crippen molar-refractivity contribution in [2.75, 3.05) is 0 Å². The van der Waals surface area contributed by atoms with E-state index in [0.29, 0.717) is 12.1 Å². The molecule has 152 valence electrons. The van der Waals surface area contributed by atoms with Crippen LogP contribution in [0.25, 0.3) is 11.0 Å². The molecule has 0 saturated heterocycles. The zero-order valence-electron chi connectivity index (χ0n) is 17.5. The second-order valence-electron chi connectivity index (χ2n) is 9.09. The number of carbonyl (C=O) groups is 2. The molecule has 6 nitrogen and oxygen atoms in total. The van der Waals surface area contributed by atoms with Crippen LogP contribution in [0.15, 0.2) is 12.4 Å². The molecule has 1 amide bonds. The Balaban J connectivity index is 1.68. The molecule has 1 aliphatic heterocycles. The van der Waals surface area contributed by atoms with Crippen LogP contribution in [0.3, 0.4) is 0 Å². The third-order valence-corrected chi connectivity index (χ3v) is 6.82. The first-order valence-electron chi connectivity index (χ1n) is 10.5. The molecular formula is C23H28N4O2. The number of amides is 1. The van der Waals surface area contributed by atoms with Crippen molar-refractivity contribution >= 4 is 22.7 Å². The molecule has 0 aromatic carbocycles. The van der Waals surface area contributed by atoms with Gasteiger partial charge in [0.15, 0.2) is 5.78 Å². The van der Waals surface area contributed by atoms with Gasteiger partial charge in [-0.2, -0.15) is 5.26 Å². The van der Waals surface area contributed by atoms with E-state index in [9.17, 15) is 14.9 Å². The van der Waals surface area contributed by atoms with Gasteiger partial charge in [0.05, 0.1) is 17.7 Å². The SMILES string of the molecule is Cc1cnc2[nH]cc3c2c1CN(C(C(=O)C1CCC(C#N)CC1C)C(C)C)C3=O. The highest BCUT2D eigenvalue weighted by molar-refractivity contribution is 6.10. The second-order valence-corrected chi connectivity index (χ2v) is 9.09. The van der Waals surface area contributed by atoms with Gasteiger partial charge >= 0.3 is 0 Å². The monoisotopic (exact) mass is 392 g/mol. The van der Waals surface area contributed by atoms with E-state index >= 15 is 0 Å². The summed E-state index contributed by atoms with van der Waals surface area (Å²) in [6.07, 6.45) is 5.80. The molecule has 1 fully saturated rings. The van der Waals surface area contributed by atoms with Crippen LogP contribution in [0, 0.1) is 41.9 Å². The van der Waals surface area contributed by atoms with E-state index in [1.807, 2.05) is 27.0 Å². The predicted molar refractivity (Wildman–Crippen MR) is 110 cm³/mol. The first kappa shape index (κ1) is 19.6. The molecular weight excluding hydrogens is 364 g/mol. The molecule has 4 rings (SSSR count). The summed E-state index contributed by atoms with van der Waals surface area (Å²) in [6.45, 7) is 8.55. The summed E-state index contributed by atoms with van der Waals surface area (Å²) in [5.41, 5.74) is 3.45. The van der Waals surface area contributed by atoms with Crippen molar-refractivity contribution in [3.05, 3.63) is 29.1 Å². The van der Waals surface area contributed by atoms with Crippen molar-refractivity contribution in [2.24, 2.45) is 23.7 Å². The second kappa shape index (κ2) is 7.29. The van der Waals surface area contributed by atoms with Gasteiger partial charge in [0, 0.05) is 36.2 Å². The van der Waals surface area contributed by atoms with Gasteiger partial charge in [-0.1, -0.05) is 20.8 Å². The minimum absolute atomic E-state index is 0.0190. The first-order valence-corrected chi connectivity index (χ1v) is 10.5. The Hall–Kier alpha value is -2.68. The molecule has 0 bridgehead atoms. The van der Waals surface area contributed by atoms with Gasteiger partial charge in [0.2, 0.25) is 0 Å². The summed E-state index contributed by atoms with van der Waals surface area (Å²) in [5, 5.41) is 10.1. The molecule has 4 unspecified atom stereocenters. The van der Waals surface area contributed by atoms with Crippen LogP contribution in [0.5, 0.6) is 0 Å². The lowest BCUT2D eigenvalue weighted by Crippen LogP contribution is -2.52. The van der Waals surface area contributed by atoms with E-state index in [4.69, 9.17) is 0 Å². The molecule has 1 aliphatic carbocycles. The maximum atomic E-state index is 13.7. The van der Waals surface area contributed by atoms with E-state index < -0.39 is 6.04 Å². The number of ketones is 1. The minimum atomic E-state index is -0.459. The standard InChI is InChI=1S/C23H28N4O2/c1-12(2)20(21(28)16-6-5-15(8-24)7-13(16)3)27-11-18-14(4)9-25-22-19(18)17(10-26-22)23(27)29/h9-10,12-13,15-16,20H,5-7,11H2,1-4H3,(H,25,26). The smallest absolute Gasteiger partial charge is 0.257 e. The van der Waals surface area contributed by atoms with Gasteiger partial charge in [0.1, 0.15) is 5.65 Å². The summed E-state index contributed by atoms with van der Waals surface area (Å²) >= 11 is 0. The fraction of sp³-hybridized carbons (Fsp3) is 0.565. The average molecular weight is 393 g/mol. The Morgan fingerprint density at radius 3 is 2.79 bits per heavy atom. The van der Waals surface area contributed by atoms with Gasteiger partial charge in [-0.05, 0) is 49.1 Å². The number of Topliss-reactive ketones (excluding diaryl/α,β-unsaturated/α-hetero) is 1. The number of nitrogens with one attached hydrogen (secondary N) is 1. The van der Waals surface area contributed by atoms with Crippen LogP contribution < -0.4 is 0 Å². The fourth-order valence-electron chi connectivity index (χ4n) is 5.25. The van der Waals surface area contributed by atoms with Crippen LogP contribution in [-0.2, 0) is 11.3 Å². The first-order chi connectivity index (χ1) is 13.8. The largest absolute Gasteiger partial charge is 0.345 e. The maximum absolute atomic E-state index is 13.7. The Kier molecular flexibility index (Phi) is 4.94. The normalized spacial score (nSPS) is 25.3. The van der Waals surface area contributed by atoms with Crippen LogP contribution in [0.2, 0.25) is 0 Å². The highest BCUT2D eigenvalue weighted by atomic mass is 16.2. The highest BCUT2D eigenvalue weighted by Gasteiger charge is 2.42. The van der Waals surface area contributed by atoms with E-state index in [1.165, 1.54) is 0 Å². The number of rotatable bonds is 4. The number of carbonyl (C=O) groups excluding carboxylic acids is 2. The van der Waals surface area contributed by atoms with Crippen molar-refractivity contribution in [3.8, 4) is 6.07 Å². The zero-order chi connectivity index (χ0) is 20.9. The minimum Gasteiger partial charge on any atom is -0.345 e. The number of nitrogens with zero attached hydrogens (tertiary/aromatic N) is 3. The molecule has 4 atom stereocenters. The van der Waals surface area contributed by atoms with Gasteiger partial charge in [-0.15, -0.1) is 0 Å². The third kappa shape index (κ3) is 3.13. The van der Waals surface area contributed by atoms with E-state index in [-0.39, 0.29) is 35.4 Å². The average Bonchev–Trinajstić information content (AvgIpc) is 3.12. The van der Waals surface area contributed by atoms with Crippen molar-refractivity contribution in [3.63, 3.8) is 0 Å². The fourth-order valence-corrected chi connectivity index (χ4v) is 5.25. The number of aryl methyl sites for hydroxylation is 1. The number of aromatic nitrogens is 2. The summed E-state index contributed by atoms with van der Waals surface area (Å²) in [7, 11) is 0. The molecule has 2 aliphatic rings. The lowest BCUT2D eigenvalue weighted by Gasteiger charge is -2.40. The zero-order valence-corrected chi connectivity index (χ0v) is 17.5. The third-order valence-electron chi connectivity index (χ3n) is 6.82. The van der Waals surface area contributed by atoms with Gasteiger partial charge in [0.25, 0.3) is 5.91 Å². The molecule has 0 radical (unpaired) electrons. The molecule has 2 aromatic heterocycles. The van der Waals surface area contributed by atoms with Gasteiger partial charge in [-0.3, -0.25) is 9.59 Å². The molecule has 1 N–H and O–H groups in total. The molecule has 6 heteroatoms. The Morgan fingerprint density at radius 1 is 1.38 bits per heavy atom. The van der Waals surface area contributed by atoms with Crippen LogP contribution in [0.4, 0.5) is 0 Å². The molecule has 2 aromatic rings. The lowest BCUT2D eigenvalue weighted by molar-refractivity contribution is -0.132. The van der Waals surface area contributed by atoms with Crippen molar-refractivity contribution < 1.29 is 9.59 Å². The van der Waals surface area contributed by atoms with E-state index in [2.05, 4.69) is 23.0 Å². The Morgan fingerprint density at radius 2 is 2.14 bits per heavy atom. The number of H-pyrrole nitrogens is 1. The highest BCUT2D eigenvalue weighted by Crippen LogP contribution is 2.38. The van der Waals surface area contributed by atoms with Crippen molar-refractivity contribution in [2.45, 2.75) is 59.5 Å². The van der Waals surface area contributed by atoms with Crippen molar-refractivity contribution in [1.82, 2.24) is 14.9 Å². The number of hydrogen-bond donors (Lipinski definition) is 1. The molecule has 1 saturated carbocycles. The summed E-state index contributed by atoms with van der Waals surface area (Å²) in [6, 6.07) is 1.90. The quantitative estimate of drug-likeness (QED) is 0.852. The Bertz CT molecular complexity index is 1020. The summed E-state index contributed by atoms with van der Waals surface area (Å²) in [4.78, 5) is 36.3. The number of nitriles is 1. The number of hydrogen-bond acceptors (Lipinski definition) is 4. The van der Waals surface area contributed by atoms with Crippen LogP contribution in [-0.4, -0.2) is 32.6 Å². The maximum Gasteiger partial charge on any atom is 0.257 e. The van der Waals surface area contributed by atoms with Crippen LogP contribution in [0.1, 0.15) is 61.5 Å². The van der Waals surface area contributed by atoms with Gasteiger partial charge in [-0.25, -0.2) is 4.98 Å². The van der Waals surface area contributed by atoms with E-state index in [1.54, 1.807) is 11.1 Å². The number of pyridine rings is 1. The molecule has 3 heterocycles. The Labute approximate surface area is 171 Å². The summed E-state index contributed by atoms with van der Waals surface area (Å²) < 4.78 is 0. The van der Waals surface area contributed by atoms with Crippen molar-refractivity contribution in [1.29, 1.82) is 5.26 Å². The van der Waals surface area contributed by atoms with Crippen LogP contribution >= 0.6 is 0 Å². The number of aromatic amines is 1. The topological polar surface area (TPSA) is 89.8 Å². The van der Waals surface area contributed by atoms with Gasteiger partial charge < -0.3 is 9.88 Å². The lowest BCUT2D eigenvalue weighted by atomic mass is 9.71. The van der Waals surface area contributed by atoms with E-state index in [0.717, 1.165) is 41.4 Å². The summed E-state index contributed by atoms with van der Waals surface area (Å²) in [5.74, 6) is 0.190.